The fourth-order valence-corrected chi connectivity index (χ4v) is 1.30. The maximum absolute atomic E-state index is 11.5. The van der Waals surface area contributed by atoms with Crippen molar-refractivity contribution in [3.8, 4) is 0 Å². The van der Waals surface area contributed by atoms with Crippen molar-refractivity contribution in [3.05, 3.63) is 30.3 Å². The van der Waals surface area contributed by atoms with E-state index in [-0.39, 0.29) is 12.1 Å². The summed E-state index contributed by atoms with van der Waals surface area (Å²) in [6.45, 7) is 3.90. The second-order valence-electron chi connectivity index (χ2n) is 3.27. The highest BCUT2D eigenvalue weighted by molar-refractivity contribution is 5.87. The van der Waals surface area contributed by atoms with Crippen molar-refractivity contribution < 1.29 is 9.53 Å². The Hall–Kier alpha value is -1.51. The summed E-state index contributed by atoms with van der Waals surface area (Å²) in [5.41, 5.74) is 0.856. The van der Waals surface area contributed by atoms with Gasteiger partial charge in [0.1, 0.15) is 0 Å². The number of carbonyl (C=O) groups is 1. The zero-order chi connectivity index (χ0) is 10.6. The summed E-state index contributed by atoms with van der Waals surface area (Å²) in [6.07, 6.45) is -0.328. The summed E-state index contributed by atoms with van der Waals surface area (Å²) in [5.74, 6) is 0. The van der Waals surface area contributed by atoms with Crippen LogP contribution < -0.4 is 4.90 Å². The van der Waals surface area contributed by atoms with Gasteiger partial charge in [-0.05, 0) is 26.0 Å². The molecule has 0 saturated carbocycles. The van der Waals surface area contributed by atoms with Gasteiger partial charge in [0.2, 0.25) is 0 Å². The van der Waals surface area contributed by atoms with Gasteiger partial charge in [-0.2, -0.15) is 0 Å². The van der Waals surface area contributed by atoms with Crippen molar-refractivity contribution in [1.29, 1.82) is 0 Å². The second-order valence-corrected chi connectivity index (χ2v) is 3.27. The van der Waals surface area contributed by atoms with Gasteiger partial charge in [0, 0.05) is 11.7 Å². The molecule has 3 nitrogen and oxygen atoms in total. The molecule has 0 radical (unpaired) electrons. The lowest BCUT2D eigenvalue weighted by Crippen LogP contribution is -2.36. The van der Waals surface area contributed by atoms with Gasteiger partial charge in [0.05, 0.1) is 7.11 Å². The second kappa shape index (κ2) is 4.65. The van der Waals surface area contributed by atoms with Gasteiger partial charge in [0.25, 0.3) is 0 Å². The Morgan fingerprint density at radius 1 is 1.29 bits per heavy atom. The molecule has 0 aromatic heterocycles. The number of nitrogens with zero attached hydrogens (tertiary/aromatic N) is 1. The minimum atomic E-state index is -0.328. The fourth-order valence-electron chi connectivity index (χ4n) is 1.30. The molecule has 0 aliphatic rings. The number of anilines is 1. The van der Waals surface area contributed by atoms with E-state index in [1.165, 1.54) is 7.11 Å². The van der Waals surface area contributed by atoms with Crippen LogP contribution in [0.15, 0.2) is 30.3 Å². The average molecular weight is 193 g/mol. The summed E-state index contributed by atoms with van der Waals surface area (Å²) in [7, 11) is 1.39. The summed E-state index contributed by atoms with van der Waals surface area (Å²) >= 11 is 0. The van der Waals surface area contributed by atoms with E-state index in [9.17, 15) is 4.79 Å². The lowest BCUT2D eigenvalue weighted by atomic mass is 10.2. The van der Waals surface area contributed by atoms with Crippen molar-refractivity contribution in [1.82, 2.24) is 0 Å². The molecular formula is C11H15NO2. The lowest BCUT2D eigenvalue weighted by molar-refractivity contribution is 0.177. The summed E-state index contributed by atoms with van der Waals surface area (Å²) in [6, 6.07) is 9.57. The highest BCUT2D eigenvalue weighted by Crippen LogP contribution is 2.17. The molecule has 0 aliphatic carbocycles. The first-order chi connectivity index (χ1) is 6.66. The van der Waals surface area contributed by atoms with Crippen LogP contribution in [0.2, 0.25) is 0 Å². The lowest BCUT2D eigenvalue weighted by Gasteiger charge is -2.24. The van der Waals surface area contributed by atoms with Crippen LogP contribution in [-0.2, 0) is 4.74 Å². The monoisotopic (exact) mass is 193 g/mol. The van der Waals surface area contributed by atoms with Gasteiger partial charge in [-0.25, -0.2) is 4.79 Å². The van der Waals surface area contributed by atoms with Gasteiger partial charge < -0.3 is 4.74 Å². The third kappa shape index (κ3) is 2.25. The molecule has 14 heavy (non-hydrogen) atoms. The molecule has 0 N–H and O–H groups in total. The van der Waals surface area contributed by atoms with Crippen molar-refractivity contribution in [2.75, 3.05) is 12.0 Å². The molecule has 1 amide bonds. The molecule has 0 fully saturated rings. The molecule has 1 rings (SSSR count). The standard InChI is InChI=1S/C11H15NO2/c1-9(2)12(11(13)14-3)10-7-5-4-6-8-10/h4-9H,1-3H3. The number of benzene rings is 1. The van der Waals surface area contributed by atoms with Crippen LogP contribution in [0, 0.1) is 0 Å². The van der Waals surface area contributed by atoms with Crippen molar-refractivity contribution in [2.45, 2.75) is 19.9 Å². The number of amides is 1. The quantitative estimate of drug-likeness (QED) is 0.722. The Kier molecular flexibility index (Phi) is 3.51. The van der Waals surface area contributed by atoms with E-state index in [0.29, 0.717) is 0 Å². The molecular weight excluding hydrogens is 178 g/mol. The van der Waals surface area contributed by atoms with Crippen LogP contribution in [0.5, 0.6) is 0 Å². The van der Waals surface area contributed by atoms with Crippen LogP contribution in [0.3, 0.4) is 0 Å². The van der Waals surface area contributed by atoms with E-state index in [2.05, 4.69) is 0 Å². The molecule has 0 spiro atoms. The van der Waals surface area contributed by atoms with Crippen LogP contribution >= 0.6 is 0 Å². The zero-order valence-electron chi connectivity index (χ0n) is 8.73. The molecule has 76 valence electrons. The van der Waals surface area contributed by atoms with E-state index in [1.54, 1.807) is 4.90 Å². The Labute approximate surface area is 84.3 Å². The van der Waals surface area contributed by atoms with Crippen molar-refractivity contribution in [3.63, 3.8) is 0 Å². The molecule has 3 heteroatoms. The number of carbonyl (C=O) groups excluding carboxylic acids is 1. The van der Waals surface area contributed by atoms with E-state index in [1.807, 2.05) is 44.2 Å². The van der Waals surface area contributed by atoms with E-state index >= 15 is 0 Å². The van der Waals surface area contributed by atoms with Crippen LogP contribution in [-0.4, -0.2) is 19.2 Å². The molecule has 0 heterocycles. The Bertz CT molecular complexity index is 295. The van der Waals surface area contributed by atoms with E-state index in [4.69, 9.17) is 4.74 Å². The maximum Gasteiger partial charge on any atom is 0.414 e. The number of hydrogen-bond donors (Lipinski definition) is 0. The number of para-hydroxylation sites is 1. The topological polar surface area (TPSA) is 29.5 Å². The Morgan fingerprint density at radius 2 is 1.86 bits per heavy atom. The smallest absolute Gasteiger partial charge is 0.414 e. The first-order valence-electron chi connectivity index (χ1n) is 4.59. The van der Waals surface area contributed by atoms with Gasteiger partial charge in [0.15, 0.2) is 0 Å². The van der Waals surface area contributed by atoms with Crippen LogP contribution in [0.4, 0.5) is 10.5 Å². The molecule has 0 bridgehead atoms. The van der Waals surface area contributed by atoms with Crippen molar-refractivity contribution >= 4 is 11.8 Å². The third-order valence-corrected chi connectivity index (χ3v) is 1.92. The normalized spacial score (nSPS) is 10.0. The van der Waals surface area contributed by atoms with Gasteiger partial charge in [-0.1, -0.05) is 18.2 Å². The first kappa shape index (κ1) is 10.6. The van der Waals surface area contributed by atoms with Crippen LogP contribution in [0.25, 0.3) is 0 Å². The first-order valence-corrected chi connectivity index (χ1v) is 4.59. The summed E-state index contributed by atoms with van der Waals surface area (Å²) in [5, 5.41) is 0. The Balaban J connectivity index is 2.95. The number of methoxy groups -OCH3 is 1. The summed E-state index contributed by atoms with van der Waals surface area (Å²) in [4.78, 5) is 13.1. The molecule has 1 aromatic rings. The highest BCUT2D eigenvalue weighted by Gasteiger charge is 2.18. The van der Waals surface area contributed by atoms with E-state index in [0.717, 1.165) is 5.69 Å². The minimum Gasteiger partial charge on any atom is -0.452 e. The molecule has 0 unspecified atom stereocenters. The predicted octanol–water partition coefficient (Wildman–Crippen LogP) is 2.67. The molecule has 1 aromatic carbocycles. The summed E-state index contributed by atoms with van der Waals surface area (Å²) < 4.78 is 4.72. The predicted molar refractivity (Wildman–Crippen MR) is 56.5 cm³/mol. The minimum absolute atomic E-state index is 0.0878. The largest absolute Gasteiger partial charge is 0.452 e. The molecule has 0 atom stereocenters. The molecule has 0 aliphatic heterocycles. The van der Waals surface area contributed by atoms with Gasteiger partial charge in [-0.3, -0.25) is 4.90 Å². The number of ether oxygens (including phenoxy) is 1. The van der Waals surface area contributed by atoms with Gasteiger partial charge >= 0.3 is 6.09 Å². The fraction of sp³-hybridized carbons (Fsp3) is 0.364. The third-order valence-electron chi connectivity index (χ3n) is 1.92. The van der Waals surface area contributed by atoms with Gasteiger partial charge in [-0.15, -0.1) is 0 Å². The zero-order valence-corrected chi connectivity index (χ0v) is 8.73. The maximum atomic E-state index is 11.5. The van der Waals surface area contributed by atoms with Crippen molar-refractivity contribution in [2.24, 2.45) is 0 Å². The van der Waals surface area contributed by atoms with Crippen LogP contribution in [0.1, 0.15) is 13.8 Å². The number of hydrogen-bond acceptors (Lipinski definition) is 2. The Morgan fingerprint density at radius 3 is 2.29 bits per heavy atom. The number of rotatable bonds is 2. The average Bonchev–Trinajstić information content (AvgIpc) is 2.19. The van der Waals surface area contributed by atoms with E-state index < -0.39 is 0 Å². The molecule has 0 saturated heterocycles. The highest BCUT2D eigenvalue weighted by atomic mass is 16.5. The SMILES string of the molecule is COC(=O)N(c1ccccc1)C(C)C.